The molecule has 15 heavy (non-hydrogen) atoms. The lowest BCUT2D eigenvalue weighted by Crippen LogP contribution is -2.03. The second-order valence-electron chi connectivity index (χ2n) is 2.94. The third-order valence-corrected chi connectivity index (χ3v) is 3.87. The molecular formula is C9H10O4S2. The van der Waals surface area contributed by atoms with Gasteiger partial charge in [0, 0.05) is 11.2 Å². The first-order valence-electron chi connectivity index (χ1n) is 3.97. The lowest BCUT2D eigenvalue weighted by atomic mass is 10.2. The SMILES string of the molecule is CSc1ccc(C(=O)O)cc1S(C)(=O)=O. The van der Waals surface area contributed by atoms with Crippen LogP contribution in [-0.4, -0.2) is 32.0 Å². The number of rotatable bonds is 3. The summed E-state index contributed by atoms with van der Waals surface area (Å²) in [4.78, 5) is 11.3. The van der Waals surface area contributed by atoms with Crippen LogP contribution in [0.15, 0.2) is 28.0 Å². The molecule has 0 aliphatic rings. The Balaban J connectivity index is 3.46. The Morgan fingerprint density at radius 2 is 2.00 bits per heavy atom. The summed E-state index contributed by atoms with van der Waals surface area (Å²) in [7, 11) is -3.39. The van der Waals surface area contributed by atoms with Crippen molar-refractivity contribution in [2.24, 2.45) is 0 Å². The maximum absolute atomic E-state index is 11.4. The Kier molecular flexibility index (Phi) is 3.41. The van der Waals surface area contributed by atoms with Crippen molar-refractivity contribution in [2.45, 2.75) is 9.79 Å². The molecule has 1 aromatic carbocycles. The number of thioether (sulfide) groups is 1. The first-order chi connectivity index (χ1) is 6.86. The summed E-state index contributed by atoms with van der Waals surface area (Å²) < 4.78 is 22.8. The lowest BCUT2D eigenvalue weighted by molar-refractivity contribution is 0.0696. The highest BCUT2D eigenvalue weighted by Gasteiger charge is 2.15. The summed E-state index contributed by atoms with van der Waals surface area (Å²) in [6.45, 7) is 0. The molecule has 0 aliphatic carbocycles. The molecule has 0 fully saturated rings. The van der Waals surface area contributed by atoms with Crippen LogP contribution in [0.3, 0.4) is 0 Å². The molecule has 1 aromatic rings. The molecule has 0 aliphatic heterocycles. The van der Waals surface area contributed by atoms with Crippen molar-refractivity contribution < 1.29 is 18.3 Å². The van der Waals surface area contributed by atoms with Crippen molar-refractivity contribution in [1.29, 1.82) is 0 Å². The monoisotopic (exact) mass is 246 g/mol. The predicted octanol–water partition coefficient (Wildman–Crippen LogP) is 1.51. The number of sulfone groups is 1. The van der Waals surface area contributed by atoms with Crippen LogP contribution < -0.4 is 0 Å². The Morgan fingerprint density at radius 3 is 2.40 bits per heavy atom. The molecule has 0 saturated heterocycles. The summed E-state index contributed by atoms with van der Waals surface area (Å²) in [5.74, 6) is -1.13. The van der Waals surface area contributed by atoms with Crippen LogP contribution in [0.2, 0.25) is 0 Å². The molecule has 82 valence electrons. The fourth-order valence-corrected chi connectivity index (χ4v) is 3.04. The van der Waals surface area contributed by atoms with Gasteiger partial charge in [0.25, 0.3) is 0 Å². The van der Waals surface area contributed by atoms with E-state index in [2.05, 4.69) is 0 Å². The molecule has 6 heteroatoms. The van der Waals surface area contributed by atoms with E-state index in [-0.39, 0.29) is 10.5 Å². The quantitative estimate of drug-likeness (QED) is 0.818. The molecule has 0 aromatic heterocycles. The van der Waals surface area contributed by atoms with E-state index in [9.17, 15) is 13.2 Å². The van der Waals surface area contributed by atoms with Crippen molar-refractivity contribution in [1.82, 2.24) is 0 Å². The maximum Gasteiger partial charge on any atom is 0.335 e. The summed E-state index contributed by atoms with van der Waals surface area (Å²) >= 11 is 1.27. The second kappa shape index (κ2) is 4.24. The molecule has 1 N–H and O–H groups in total. The van der Waals surface area contributed by atoms with Gasteiger partial charge in [-0.1, -0.05) is 0 Å². The van der Waals surface area contributed by atoms with E-state index in [1.807, 2.05) is 0 Å². The van der Waals surface area contributed by atoms with E-state index < -0.39 is 15.8 Å². The van der Waals surface area contributed by atoms with Crippen LogP contribution in [0.1, 0.15) is 10.4 Å². The third kappa shape index (κ3) is 2.73. The molecule has 0 spiro atoms. The molecule has 0 saturated carbocycles. The predicted molar refractivity (Wildman–Crippen MR) is 58.3 cm³/mol. The number of hydrogen-bond acceptors (Lipinski definition) is 4. The summed E-state index contributed by atoms with van der Waals surface area (Å²) in [5, 5.41) is 8.74. The average Bonchev–Trinajstić information content (AvgIpc) is 2.15. The Hall–Kier alpha value is -1.01. The maximum atomic E-state index is 11.4. The summed E-state index contributed by atoms with van der Waals surface area (Å²) in [5.41, 5.74) is -0.0202. The van der Waals surface area contributed by atoms with E-state index in [0.29, 0.717) is 4.90 Å². The molecule has 0 radical (unpaired) electrons. The standard InChI is InChI=1S/C9H10O4S2/c1-14-7-4-3-6(9(10)11)5-8(7)15(2,12)13/h3-5H,1-2H3,(H,10,11). The highest BCUT2D eigenvalue weighted by molar-refractivity contribution is 7.99. The van der Waals surface area contributed by atoms with Gasteiger partial charge in [0.05, 0.1) is 10.5 Å². The molecule has 4 nitrogen and oxygen atoms in total. The van der Waals surface area contributed by atoms with Gasteiger partial charge >= 0.3 is 5.97 Å². The van der Waals surface area contributed by atoms with Gasteiger partial charge in [-0.05, 0) is 24.5 Å². The smallest absolute Gasteiger partial charge is 0.335 e. The molecule has 1 rings (SSSR count). The van der Waals surface area contributed by atoms with E-state index in [1.165, 1.54) is 30.0 Å². The Labute approximate surface area is 92.2 Å². The van der Waals surface area contributed by atoms with Crippen molar-refractivity contribution in [3.63, 3.8) is 0 Å². The molecule has 0 atom stereocenters. The molecule has 0 unspecified atom stereocenters. The summed E-state index contributed by atoms with van der Waals surface area (Å²) in [6.07, 6.45) is 2.80. The van der Waals surface area contributed by atoms with E-state index in [0.717, 1.165) is 6.26 Å². The number of carboxylic acids is 1. The molecule has 0 heterocycles. The number of carboxylic acid groups (broad SMARTS) is 1. The number of aromatic carboxylic acids is 1. The zero-order valence-electron chi connectivity index (χ0n) is 8.22. The number of benzene rings is 1. The normalized spacial score (nSPS) is 11.3. The lowest BCUT2D eigenvalue weighted by Gasteiger charge is -2.05. The largest absolute Gasteiger partial charge is 0.478 e. The molecular weight excluding hydrogens is 236 g/mol. The van der Waals surface area contributed by atoms with Crippen molar-refractivity contribution in [2.75, 3.05) is 12.5 Å². The highest BCUT2D eigenvalue weighted by Crippen LogP contribution is 2.25. The van der Waals surface area contributed by atoms with Gasteiger partial charge < -0.3 is 5.11 Å². The zero-order chi connectivity index (χ0) is 11.6. The van der Waals surface area contributed by atoms with Crippen LogP contribution in [0.4, 0.5) is 0 Å². The number of hydrogen-bond donors (Lipinski definition) is 1. The average molecular weight is 246 g/mol. The van der Waals surface area contributed by atoms with Gasteiger partial charge in [-0.25, -0.2) is 13.2 Å². The first kappa shape index (κ1) is 12.1. The van der Waals surface area contributed by atoms with Crippen molar-refractivity contribution in [3.05, 3.63) is 23.8 Å². The van der Waals surface area contributed by atoms with Crippen LogP contribution in [0.25, 0.3) is 0 Å². The fraction of sp³-hybridized carbons (Fsp3) is 0.222. The van der Waals surface area contributed by atoms with E-state index in [1.54, 1.807) is 6.26 Å². The fourth-order valence-electron chi connectivity index (χ4n) is 1.10. The van der Waals surface area contributed by atoms with Crippen LogP contribution in [-0.2, 0) is 9.84 Å². The Morgan fingerprint density at radius 1 is 1.40 bits per heavy atom. The van der Waals surface area contributed by atoms with Gasteiger partial charge in [-0.2, -0.15) is 0 Å². The minimum atomic E-state index is -3.39. The van der Waals surface area contributed by atoms with Gasteiger partial charge in [0.1, 0.15) is 0 Å². The summed E-state index contributed by atoms with van der Waals surface area (Å²) in [6, 6.07) is 4.08. The zero-order valence-corrected chi connectivity index (χ0v) is 9.85. The Bertz CT molecular complexity index is 491. The minimum absolute atomic E-state index is 0.0202. The van der Waals surface area contributed by atoms with E-state index >= 15 is 0 Å². The van der Waals surface area contributed by atoms with Crippen molar-refractivity contribution in [3.8, 4) is 0 Å². The second-order valence-corrected chi connectivity index (χ2v) is 5.78. The van der Waals surface area contributed by atoms with Crippen LogP contribution in [0.5, 0.6) is 0 Å². The third-order valence-electron chi connectivity index (χ3n) is 1.81. The van der Waals surface area contributed by atoms with Crippen molar-refractivity contribution >= 4 is 27.6 Å². The topological polar surface area (TPSA) is 71.4 Å². The molecule has 0 amide bonds. The van der Waals surface area contributed by atoms with Gasteiger partial charge in [-0.15, -0.1) is 11.8 Å². The van der Waals surface area contributed by atoms with Crippen LogP contribution in [0, 0.1) is 0 Å². The van der Waals surface area contributed by atoms with Crippen LogP contribution >= 0.6 is 11.8 Å². The van der Waals surface area contributed by atoms with Gasteiger partial charge in [0.2, 0.25) is 0 Å². The molecule has 0 bridgehead atoms. The minimum Gasteiger partial charge on any atom is -0.478 e. The number of carbonyl (C=O) groups is 1. The highest BCUT2D eigenvalue weighted by atomic mass is 32.2. The first-order valence-corrected chi connectivity index (χ1v) is 7.09. The van der Waals surface area contributed by atoms with E-state index in [4.69, 9.17) is 5.11 Å². The van der Waals surface area contributed by atoms with Gasteiger partial charge in [0.15, 0.2) is 9.84 Å². The van der Waals surface area contributed by atoms with Gasteiger partial charge in [-0.3, -0.25) is 0 Å².